The van der Waals surface area contributed by atoms with Crippen LogP contribution in [0.4, 0.5) is 0 Å². The van der Waals surface area contributed by atoms with Crippen molar-refractivity contribution in [1.82, 2.24) is 5.32 Å². The second kappa shape index (κ2) is 5.22. The molecule has 14 heavy (non-hydrogen) atoms. The van der Waals surface area contributed by atoms with E-state index in [4.69, 9.17) is 0 Å². The van der Waals surface area contributed by atoms with Gasteiger partial charge in [0.05, 0.1) is 0 Å². The van der Waals surface area contributed by atoms with Crippen LogP contribution in [0.5, 0.6) is 0 Å². The van der Waals surface area contributed by atoms with Gasteiger partial charge in [-0.3, -0.25) is 4.79 Å². The van der Waals surface area contributed by atoms with Crippen LogP contribution >= 0.6 is 0 Å². The molecule has 0 unspecified atom stereocenters. The average Bonchev–Trinajstić information content (AvgIpc) is 2.26. The van der Waals surface area contributed by atoms with E-state index in [9.17, 15) is 4.79 Å². The third-order valence-corrected chi connectivity index (χ3v) is 1.97. The molecule has 0 atom stereocenters. The summed E-state index contributed by atoms with van der Waals surface area (Å²) in [6.07, 6.45) is 2.41. The van der Waals surface area contributed by atoms with E-state index in [2.05, 4.69) is 5.32 Å². The fourth-order valence-electron chi connectivity index (χ4n) is 1.17. The van der Waals surface area contributed by atoms with Gasteiger partial charge in [0.25, 0.3) is 0 Å². The summed E-state index contributed by atoms with van der Waals surface area (Å²) in [6.45, 7) is 3.76. The van der Waals surface area contributed by atoms with Crippen molar-refractivity contribution in [2.24, 2.45) is 0 Å². The summed E-state index contributed by atoms with van der Waals surface area (Å²) >= 11 is 0. The minimum Gasteiger partial charge on any atom is -0.326 e. The molecule has 1 N–H and O–H groups in total. The van der Waals surface area contributed by atoms with Crippen LogP contribution in [0.2, 0.25) is 0 Å². The Hall–Kier alpha value is -1.57. The van der Waals surface area contributed by atoms with Crippen molar-refractivity contribution in [3.8, 4) is 0 Å². The lowest BCUT2D eigenvalue weighted by atomic mass is 10.1. The molecule has 0 bridgehead atoms. The highest BCUT2D eigenvalue weighted by molar-refractivity contribution is 5.86. The van der Waals surface area contributed by atoms with Gasteiger partial charge < -0.3 is 5.32 Å². The number of benzene rings is 1. The van der Waals surface area contributed by atoms with Crippen molar-refractivity contribution in [1.29, 1.82) is 0 Å². The summed E-state index contributed by atoms with van der Waals surface area (Å²) in [4.78, 5) is 11.2. The van der Waals surface area contributed by atoms with Crippen molar-refractivity contribution in [3.05, 3.63) is 42.0 Å². The zero-order valence-electron chi connectivity index (χ0n) is 8.58. The molecule has 0 aromatic heterocycles. The van der Waals surface area contributed by atoms with E-state index in [1.165, 1.54) is 0 Å². The van der Waals surface area contributed by atoms with E-state index in [-0.39, 0.29) is 5.91 Å². The summed E-state index contributed by atoms with van der Waals surface area (Å²) in [6, 6.07) is 9.82. The normalized spacial score (nSPS) is 11.1. The third-order valence-electron chi connectivity index (χ3n) is 1.97. The number of allylic oxidation sites excluding steroid dienone is 1. The fraction of sp³-hybridized carbons (Fsp3) is 0.250. The summed E-state index contributed by atoms with van der Waals surface area (Å²) < 4.78 is 0. The van der Waals surface area contributed by atoms with Gasteiger partial charge in [-0.2, -0.15) is 0 Å². The number of nitrogens with one attached hydrogen (secondary N) is 1. The van der Waals surface area contributed by atoms with Gasteiger partial charge in [0.1, 0.15) is 0 Å². The monoisotopic (exact) mass is 189 g/mol. The minimum atomic E-state index is 0.0435. The molecule has 1 amide bonds. The predicted octanol–water partition coefficient (Wildman–Crippen LogP) is 2.57. The number of rotatable bonds is 3. The topological polar surface area (TPSA) is 29.1 Å². The van der Waals surface area contributed by atoms with Crippen LogP contribution in [0.1, 0.15) is 25.8 Å². The van der Waals surface area contributed by atoms with Gasteiger partial charge in [-0.15, -0.1) is 0 Å². The van der Waals surface area contributed by atoms with Crippen molar-refractivity contribution >= 4 is 11.6 Å². The standard InChI is InChI=1S/C12H15NO/c1-3-11(13-12(14)4-2)10-8-6-5-7-9-10/h3,5-9H,4H2,1-2H3,(H,13,14). The maximum atomic E-state index is 11.2. The van der Waals surface area contributed by atoms with Gasteiger partial charge in [0.15, 0.2) is 0 Å². The van der Waals surface area contributed by atoms with E-state index in [1.54, 1.807) is 0 Å². The lowest BCUT2D eigenvalue weighted by Gasteiger charge is -2.08. The van der Waals surface area contributed by atoms with Gasteiger partial charge in [0, 0.05) is 12.1 Å². The Morgan fingerprint density at radius 1 is 1.36 bits per heavy atom. The molecule has 0 spiro atoms. The Morgan fingerprint density at radius 2 is 2.00 bits per heavy atom. The second-order valence-corrected chi connectivity index (χ2v) is 2.97. The van der Waals surface area contributed by atoms with Crippen molar-refractivity contribution in [3.63, 3.8) is 0 Å². The summed E-state index contributed by atoms with van der Waals surface area (Å²) in [5.41, 5.74) is 1.91. The summed E-state index contributed by atoms with van der Waals surface area (Å²) in [5.74, 6) is 0.0435. The molecule has 2 heteroatoms. The molecule has 0 saturated heterocycles. The molecule has 1 aromatic rings. The number of amides is 1. The number of carbonyl (C=O) groups is 1. The first-order valence-electron chi connectivity index (χ1n) is 4.79. The number of hydrogen-bond acceptors (Lipinski definition) is 1. The number of hydrogen-bond donors (Lipinski definition) is 1. The van der Waals surface area contributed by atoms with Crippen LogP contribution in [-0.2, 0) is 4.79 Å². The van der Waals surface area contributed by atoms with Gasteiger partial charge in [-0.05, 0) is 12.5 Å². The van der Waals surface area contributed by atoms with Crippen molar-refractivity contribution < 1.29 is 4.79 Å². The van der Waals surface area contributed by atoms with Crippen LogP contribution in [0.25, 0.3) is 5.70 Å². The summed E-state index contributed by atoms with van der Waals surface area (Å²) in [7, 11) is 0. The van der Waals surface area contributed by atoms with Gasteiger partial charge >= 0.3 is 0 Å². The first-order valence-corrected chi connectivity index (χ1v) is 4.79. The SMILES string of the molecule is CC=C(NC(=O)CC)c1ccccc1. The highest BCUT2D eigenvalue weighted by Crippen LogP contribution is 2.10. The second-order valence-electron chi connectivity index (χ2n) is 2.97. The molecular weight excluding hydrogens is 174 g/mol. The van der Waals surface area contributed by atoms with Crippen LogP contribution < -0.4 is 5.32 Å². The van der Waals surface area contributed by atoms with Gasteiger partial charge in [0.2, 0.25) is 5.91 Å². The number of carbonyl (C=O) groups excluding carboxylic acids is 1. The Kier molecular flexibility index (Phi) is 3.92. The molecule has 1 rings (SSSR count). The van der Waals surface area contributed by atoms with Crippen LogP contribution in [0.3, 0.4) is 0 Å². The van der Waals surface area contributed by atoms with Crippen LogP contribution in [0, 0.1) is 0 Å². The van der Waals surface area contributed by atoms with E-state index in [1.807, 2.05) is 50.3 Å². The molecule has 2 nitrogen and oxygen atoms in total. The zero-order chi connectivity index (χ0) is 10.4. The molecule has 0 radical (unpaired) electrons. The zero-order valence-corrected chi connectivity index (χ0v) is 8.58. The van der Waals surface area contributed by atoms with Gasteiger partial charge in [-0.25, -0.2) is 0 Å². The largest absolute Gasteiger partial charge is 0.326 e. The summed E-state index contributed by atoms with van der Waals surface area (Å²) in [5, 5.41) is 2.85. The van der Waals surface area contributed by atoms with Crippen molar-refractivity contribution in [2.45, 2.75) is 20.3 Å². The Labute approximate surface area is 84.6 Å². The molecular formula is C12H15NO. The van der Waals surface area contributed by atoms with E-state index >= 15 is 0 Å². The maximum Gasteiger partial charge on any atom is 0.224 e. The predicted molar refractivity (Wildman–Crippen MR) is 58.5 cm³/mol. The highest BCUT2D eigenvalue weighted by Gasteiger charge is 2.02. The Bertz CT molecular complexity index is 327. The molecule has 0 saturated carbocycles. The van der Waals surface area contributed by atoms with Gasteiger partial charge in [-0.1, -0.05) is 43.3 Å². The van der Waals surface area contributed by atoms with E-state index in [0.717, 1.165) is 11.3 Å². The lowest BCUT2D eigenvalue weighted by molar-refractivity contribution is -0.119. The third kappa shape index (κ3) is 2.73. The molecule has 74 valence electrons. The molecule has 1 aromatic carbocycles. The Balaban J connectivity index is 2.79. The van der Waals surface area contributed by atoms with E-state index < -0.39 is 0 Å². The molecule has 0 heterocycles. The Morgan fingerprint density at radius 3 is 2.50 bits per heavy atom. The molecule has 0 fully saturated rings. The maximum absolute atomic E-state index is 11.2. The van der Waals surface area contributed by atoms with E-state index in [0.29, 0.717) is 6.42 Å². The van der Waals surface area contributed by atoms with Crippen LogP contribution in [-0.4, -0.2) is 5.91 Å². The quantitative estimate of drug-likeness (QED) is 0.778. The highest BCUT2D eigenvalue weighted by atomic mass is 16.1. The first-order chi connectivity index (χ1) is 6.77. The lowest BCUT2D eigenvalue weighted by Crippen LogP contribution is -2.20. The first kappa shape index (κ1) is 10.5. The van der Waals surface area contributed by atoms with Crippen LogP contribution in [0.15, 0.2) is 36.4 Å². The smallest absolute Gasteiger partial charge is 0.224 e. The molecule has 0 aliphatic rings. The average molecular weight is 189 g/mol. The molecule has 0 aliphatic carbocycles. The van der Waals surface area contributed by atoms with Crippen molar-refractivity contribution in [2.75, 3.05) is 0 Å². The molecule has 0 aliphatic heterocycles. The minimum absolute atomic E-state index is 0.0435. The fourth-order valence-corrected chi connectivity index (χ4v) is 1.17.